The van der Waals surface area contributed by atoms with Gasteiger partial charge in [-0.1, -0.05) is 12.1 Å². The molecule has 0 bridgehead atoms. The van der Waals surface area contributed by atoms with Crippen molar-refractivity contribution in [3.05, 3.63) is 64.5 Å². The third-order valence-corrected chi connectivity index (χ3v) is 5.77. The van der Waals surface area contributed by atoms with Crippen LogP contribution in [0.25, 0.3) is 10.4 Å². The van der Waals surface area contributed by atoms with Gasteiger partial charge in [0.25, 0.3) is 5.91 Å². The summed E-state index contributed by atoms with van der Waals surface area (Å²) in [4.78, 5) is 26.6. The fourth-order valence-corrected chi connectivity index (χ4v) is 4.13. The summed E-state index contributed by atoms with van der Waals surface area (Å²) < 4.78 is 21.0. The van der Waals surface area contributed by atoms with Crippen molar-refractivity contribution >= 4 is 28.9 Å². The normalized spacial score (nSPS) is 10.5. The Labute approximate surface area is 190 Å². The molecule has 0 unspecified atom stereocenters. The second-order valence-corrected chi connectivity index (χ2v) is 7.78. The summed E-state index contributed by atoms with van der Waals surface area (Å²) in [5.41, 5.74) is 2.55. The predicted octanol–water partition coefficient (Wildman–Crippen LogP) is 5.01. The number of rotatable bonds is 9. The third-order valence-electron chi connectivity index (χ3n) is 4.61. The molecule has 1 aromatic heterocycles. The van der Waals surface area contributed by atoms with E-state index in [1.807, 2.05) is 18.2 Å². The maximum absolute atomic E-state index is 12.9. The van der Waals surface area contributed by atoms with Crippen LogP contribution in [0.15, 0.2) is 48.5 Å². The van der Waals surface area contributed by atoms with Gasteiger partial charge in [-0.05, 0) is 54.4 Å². The van der Waals surface area contributed by atoms with Crippen LogP contribution in [-0.2, 0) is 16.1 Å². The van der Waals surface area contributed by atoms with Gasteiger partial charge in [0.15, 0.2) is 11.5 Å². The minimum absolute atomic E-state index is 0.231. The van der Waals surface area contributed by atoms with Crippen LogP contribution in [0.3, 0.4) is 0 Å². The average Bonchev–Trinajstić information content (AvgIpc) is 3.23. The number of carbonyl (C=O) groups is 2. The highest BCUT2D eigenvalue weighted by Crippen LogP contribution is 2.39. The van der Waals surface area contributed by atoms with Crippen molar-refractivity contribution in [3.8, 4) is 21.9 Å². The Morgan fingerprint density at radius 3 is 2.44 bits per heavy atom. The SMILES string of the molecule is CCOC(=O)c1sc(-c2ccc(OC)c(OC)c2)cc1NC(=O)c1cccc(COC)c1. The summed E-state index contributed by atoms with van der Waals surface area (Å²) in [7, 11) is 4.72. The second kappa shape index (κ2) is 10.8. The largest absolute Gasteiger partial charge is 0.493 e. The van der Waals surface area contributed by atoms with Crippen LogP contribution >= 0.6 is 11.3 Å². The van der Waals surface area contributed by atoms with Crippen molar-refractivity contribution in [2.75, 3.05) is 33.3 Å². The molecule has 0 atom stereocenters. The highest BCUT2D eigenvalue weighted by Gasteiger charge is 2.21. The molecule has 3 aromatic rings. The lowest BCUT2D eigenvalue weighted by Crippen LogP contribution is -2.14. The minimum atomic E-state index is -0.493. The Kier molecular flexibility index (Phi) is 7.86. The Bertz CT molecular complexity index is 1110. The van der Waals surface area contributed by atoms with E-state index in [1.165, 1.54) is 11.3 Å². The molecule has 7 nitrogen and oxygen atoms in total. The monoisotopic (exact) mass is 455 g/mol. The van der Waals surface area contributed by atoms with E-state index < -0.39 is 5.97 Å². The molecule has 32 heavy (non-hydrogen) atoms. The van der Waals surface area contributed by atoms with Crippen molar-refractivity contribution in [3.63, 3.8) is 0 Å². The van der Waals surface area contributed by atoms with Crippen molar-refractivity contribution < 1.29 is 28.5 Å². The predicted molar refractivity (Wildman–Crippen MR) is 124 cm³/mol. The lowest BCUT2D eigenvalue weighted by atomic mass is 10.1. The summed E-state index contributed by atoms with van der Waals surface area (Å²) in [6, 6.07) is 14.4. The topological polar surface area (TPSA) is 83.1 Å². The van der Waals surface area contributed by atoms with Gasteiger partial charge >= 0.3 is 5.97 Å². The summed E-state index contributed by atoms with van der Waals surface area (Å²) >= 11 is 1.24. The van der Waals surface area contributed by atoms with E-state index in [4.69, 9.17) is 18.9 Å². The van der Waals surface area contributed by atoms with Crippen molar-refractivity contribution in [2.24, 2.45) is 0 Å². The van der Waals surface area contributed by atoms with Crippen LogP contribution in [-0.4, -0.2) is 39.8 Å². The number of ether oxygens (including phenoxy) is 4. The van der Waals surface area contributed by atoms with Crippen LogP contribution in [0.2, 0.25) is 0 Å². The first-order chi connectivity index (χ1) is 15.5. The lowest BCUT2D eigenvalue weighted by molar-refractivity contribution is 0.0533. The van der Waals surface area contributed by atoms with E-state index in [1.54, 1.807) is 58.6 Å². The number of esters is 1. The smallest absolute Gasteiger partial charge is 0.350 e. The molecule has 1 N–H and O–H groups in total. The first-order valence-electron chi connectivity index (χ1n) is 9.93. The maximum Gasteiger partial charge on any atom is 0.350 e. The Balaban J connectivity index is 1.96. The van der Waals surface area contributed by atoms with E-state index in [9.17, 15) is 9.59 Å². The second-order valence-electron chi connectivity index (χ2n) is 6.73. The molecule has 1 amide bonds. The summed E-state index contributed by atoms with van der Waals surface area (Å²) in [5.74, 6) is 0.345. The number of amides is 1. The van der Waals surface area contributed by atoms with Gasteiger partial charge < -0.3 is 24.3 Å². The molecule has 0 fully saturated rings. The van der Waals surface area contributed by atoms with E-state index in [-0.39, 0.29) is 12.5 Å². The zero-order valence-corrected chi connectivity index (χ0v) is 19.2. The maximum atomic E-state index is 12.9. The van der Waals surface area contributed by atoms with E-state index in [0.29, 0.717) is 34.2 Å². The summed E-state index contributed by atoms with van der Waals surface area (Å²) in [6.07, 6.45) is 0. The molecule has 168 valence electrons. The molecule has 0 aliphatic rings. The van der Waals surface area contributed by atoms with Gasteiger partial charge in [-0.3, -0.25) is 4.79 Å². The molecular formula is C24H25NO6S. The Morgan fingerprint density at radius 2 is 1.75 bits per heavy atom. The first-order valence-corrected chi connectivity index (χ1v) is 10.7. The number of carbonyl (C=O) groups excluding carboxylic acids is 2. The molecule has 0 radical (unpaired) electrons. The van der Waals surface area contributed by atoms with Gasteiger partial charge in [0, 0.05) is 17.6 Å². The molecule has 8 heteroatoms. The summed E-state index contributed by atoms with van der Waals surface area (Å²) in [5, 5.41) is 2.85. The number of benzene rings is 2. The van der Waals surface area contributed by atoms with Crippen molar-refractivity contribution in [2.45, 2.75) is 13.5 Å². The summed E-state index contributed by atoms with van der Waals surface area (Å²) in [6.45, 7) is 2.37. The van der Waals surface area contributed by atoms with E-state index in [2.05, 4.69) is 5.32 Å². The molecule has 0 aliphatic carbocycles. The number of hydrogen-bond acceptors (Lipinski definition) is 7. The molecule has 0 aliphatic heterocycles. The van der Waals surface area contributed by atoms with Crippen LogP contribution in [0, 0.1) is 0 Å². The van der Waals surface area contributed by atoms with Crippen molar-refractivity contribution in [1.82, 2.24) is 0 Å². The number of methoxy groups -OCH3 is 3. The highest BCUT2D eigenvalue weighted by molar-refractivity contribution is 7.18. The quantitative estimate of drug-likeness (QED) is 0.457. The molecular weight excluding hydrogens is 430 g/mol. The number of thiophene rings is 1. The lowest BCUT2D eigenvalue weighted by Gasteiger charge is -2.08. The van der Waals surface area contributed by atoms with Gasteiger partial charge in [0.2, 0.25) is 0 Å². The van der Waals surface area contributed by atoms with Gasteiger partial charge in [-0.25, -0.2) is 4.79 Å². The first kappa shape index (κ1) is 23.3. The molecule has 0 spiro atoms. The zero-order chi connectivity index (χ0) is 23.1. The fourth-order valence-electron chi connectivity index (χ4n) is 3.13. The third kappa shape index (κ3) is 5.27. The number of anilines is 1. The van der Waals surface area contributed by atoms with Gasteiger partial charge in [-0.2, -0.15) is 0 Å². The zero-order valence-electron chi connectivity index (χ0n) is 18.4. The standard InChI is InChI=1S/C24H25NO6S/c1-5-31-24(27)22-18(25-23(26)17-8-6-7-15(11-17)14-28-2)13-21(32-22)16-9-10-19(29-3)20(12-16)30-4/h6-13H,5,14H2,1-4H3,(H,25,26). The molecule has 0 saturated carbocycles. The van der Waals surface area contributed by atoms with Crippen LogP contribution in [0.5, 0.6) is 11.5 Å². The molecule has 1 heterocycles. The van der Waals surface area contributed by atoms with E-state index in [0.717, 1.165) is 16.0 Å². The fraction of sp³-hybridized carbons (Fsp3) is 0.250. The number of hydrogen-bond donors (Lipinski definition) is 1. The Hall–Kier alpha value is -3.36. The van der Waals surface area contributed by atoms with Gasteiger partial charge in [0.05, 0.1) is 33.1 Å². The van der Waals surface area contributed by atoms with Crippen molar-refractivity contribution in [1.29, 1.82) is 0 Å². The average molecular weight is 456 g/mol. The van der Waals surface area contributed by atoms with Gasteiger partial charge in [0.1, 0.15) is 4.88 Å². The van der Waals surface area contributed by atoms with Crippen LogP contribution < -0.4 is 14.8 Å². The molecule has 2 aromatic carbocycles. The highest BCUT2D eigenvalue weighted by atomic mass is 32.1. The van der Waals surface area contributed by atoms with Crippen LogP contribution in [0.1, 0.15) is 32.5 Å². The van der Waals surface area contributed by atoms with E-state index >= 15 is 0 Å². The Morgan fingerprint density at radius 1 is 0.969 bits per heavy atom. The van der Waals surface area contributed by atoms with Crippen LogP contribution in [0.4, 0.5) is 5.69 Å². The number of nitrogens with one attached hydrogen (secondary N) is 1. The molecule has 0 saturated heterocycles. The minimum Gasteiger partial charge on any atom is -0.493 e. The van der Waals surface area contributed by atoms with Gasteiger partial charge in [-0.15, -0.1) is 11.3 Å². The molecule has 3 rings (SSSR count).